The molecular weight excluding hydrogens is 280 g/mol. The molecule has 1 saturated carbocycles. The Labute approximate surface area is 128 Å². The van der Waals surface area contributed by atoms with Crippen LogP contribution >= 0.6 is 0 Å². The number of anilines is 1. The van der Waals surface area contributed by atoms with Gasteiger partial charge in [0.15, 0.2) is 5.82 Å². The molecule has 0 bridgehead atoms. The molecule has 2 amide bonds. The van der Waals surface area contributed by atoms with Gasteiger partial charge in [-0.15, -0.1) is 0 Å². The Hall–Kier alpha value is -2.34. The molecule has 1 aliphatic carbocycles. The fraction of sp³-hybridized carbons (Fsp3) is 0.375. The lowest BCUT2D eigenvalue weighted by Gasteiger charge is -2.27. The second-order valence-electron chi connectivity index (χ2n) is 5.86. The molecule has 1 aliphatic heterocycles. The third-order valence-corrected chi connectivity index (χ3v) is 4.18. The number of hydrogen-bond acceptors (Lipinski definition) is 3. The van der Waals surface area contributed by atoms with E-state index in [1.165, 1.54) is 23.6 Å². The zero-order chi connectivity index (χ0) is 15.1. The molecule has 0 radical (unpaired) electrons. The van der Waals surface area contributed by atoms with Gasteiger partial charge in [0, 0.05) is 24.7 Å². The van der Waals surface area contributed by atoms with Crippen molar-refractivity contribution in [3.8, 4) is 0 Å². The van der Waals surface area contributed by atoms with Crippen molar-refractivity contribution in [1.82, 2.24) is 14.8 Å². The van der Waals surface area contributed by atoms with E-state index in [1.54, 1.807) is 0 Å². The largest absolute Gasteiger partial charge is 0.347 e. The van der Waals surface area contributed by atoms with E-state index in [9.17, 15) is 4.79 Å². The van der Waals surface area contributed by atoms with Crippen LogP contribution in [-0.2, 0) is 25.0 Å². The van der Waals surface area contributed by atoms with E-state index in [0.29, 0.717) is 24.9 Å². The summed E-state index contributed by atoms with van der Waals surface area (Å²) in [5, 5.41) is 8.52. The quantitative estimate of drug-likeness (QED) is 0.927. The first-order chi connectivity index (χ1) is 10.7. The van der Waals surface area contributed by atoms with E-state index in [4.69, 9.17) is 4.84 Å². The lowest BCUT2D eigenvalue weighted by atomic mass is 10.1. The summed E-state index contributed by atoms with van der Waals surface area (Å²) in [5.41, 5.74) is 3.42. The Morgan fingerprint density at radius 1 is 1.32 bits per heavy atom. The molecule has 1 aromatic carbocycles. The number of benzene rings is 1. The van der Waals surface area contributed by atoms with Crippen molar-refractivity contribution in [2.24, 2.45) is 7.05 Å². The van der Waals surface area contributed by atoms with Gasteiger partial charge in [-0.1, -0.05) is 24.3 Å². The van der Waals surface area contributed by atoms with Crippen molar-refractivity contribution in [3.05, 3.63) is 47.2 Å². The Balaban J connectivity index is 1.45. The Morgan fingerprint density at radius 2 is 2.09 bits per heavy atom. The predicted molar refractivity (Wildman–Crippen MR) is 81.0 cm³/mol. The van der Waals surface area contributed by atoms with Crippen LogP contribution in [0.5, 0.6) is 0 Å². The van der Waals surface area contributed by atoms with Gasteiger partial charge < -0.3 is 0 Å². The second kappa shape index (κ2) is 5.14. The van der Waals surface area contributed by atoms with Crippen molar-refractivity contribution < 1.29 is 9.63 Å². The number of aryl methyl sites for hydroxylation is 1. The topological polar surface area (TPSA) is 59.4 Å². The number of amides is 2. The number of fused-ring (bicyclic) bond motifs is 1. The molecule has 22 heavy (non-hydrogen) atoms. The number of hydroxylamine groups is 2. The molecule has 2 aromatic rings. The molecule has 4 rings (SSSR count). The summed E-state index contributed by atoms with van der Waals surface area (Å²) in [7, 11) is 1.91. The van der Waals surface area contributed by atoms with Crippen LogP contribution in [-0.4, -0.2) is 20.9 Å². The molecule has 0 unspecified atom stereocenters. The van der Waals surface area contributed by atoms with Crippen LogP contribution < -0.4 is 5.32 Å². The fourth-order valence-corrected chi connectivity index (χ4v) is 2.81. The number of nitrogens with zero attached hydrogens (tertiary/aromatic N) is 3. The highest BCUT2D eigenvalue weighted by Gasteiger charge is 2.28. The zero-order valence-electron chi connectivity index (χ0n) is 12.5. The summed E-state index contributed by atoms with van der Waals surface area (Å²) in [6, 6.07) is 9.66. The summed E-state index contributed by atoms with van der Waals surface area (Å²) in [4.78, 5) is 17.8. The molecule has 114 valence electrons. The van der Waals surface area contributed by atoms with Crippen molar-refractivity contribution in [2.45, 2.75) is 31.9 Å². The molecule has 0 atom stereocenters. The maximum absolute atomic E-state index is 12.3. The monoisotopic (exact) mass is 298 g/mol. The van der Waals surface area contributed by atoms with E-state index in [1.807, 2.05) is 42.1 Å². The normalized spacial score (nSPS) is 17.2. The van der Waals surface area contributed by atoms with Crippen LogP contribution in [0.1, 0.15) is 35.6 Å². The molecular formula is C16H18N4O2. The number of carbonyl (C=O) groups excluding carboxylic acids is 1. The Bertz CT molecular complexity index is 721. The molecule has 1 aromatic heterocycles. The number of carbonyl (C=O) groups is 1. The highest BCUT2D eigenvalue weighted by atomic mass is 16.7. The molecule has 0 spiro atoms. The molecule has 6 nitrogen and oxygen atoms in total. The van der Waals surface area contributed by atoms with E-state index in [-0.39, 0.29) is 6.03 Å². The molecule has 1 N–H and O–H groups in total. The number of rotatable bonds is 2. The number of urea groups is 1. The van der Waals surface area contributed by atoms with Crippen LogP contribution in [0, 0.1) is 0 Å². The van der Waals surface area contributed by atoms with Crippen LogP contribution in [0.2, 0.25) is 0 Å². The van der Waals surface area contributed by atoms with Crippen LogP contribution in [0.3, 0.4) is 0 Å². The summed E-state index contributed by atoms with van der Waals surface area (Å²) < 4.78 is 1.85. The summed E-state index contributed by atoms with van der Waals surface area (Å²) in [6.45, 7) is 0.865. The molecule has 2 aliphatic rings. The standard InChI is InChI=1S/C16H18N4O2/c1-19-14(11-6-7-11)8-15(18-19)17-16(21)20-9-12-4-2-3-5-13(12)10-22-20/h2-5,8,11H,6-7,9-10H2,1H3,(H,17,18,21). The average Bonchev–Trinajstić information content (AvgIpc) is 3.31. The van der Waals surface area contributed by atoms with Gasteiger partial charge in [0.2, 0.25) is 0 Å². The minimum Gasteiger partial charge on any atom is -0.289 e. The third-order valence-electron chi connectivity index (χ3n) is 4.18. The van der Waals surface area contributed by atoms with Gasteiger partial charge in [-0.2, -0.15) is 10.2 Å². The minimum atomic E-state index is -0.282. The van der Waals surface area contributed by atoms with Gasteiger partial charge in [0.25, 0.3) is 0 Å². The van der Waals surface area contributed by atoms with Crippen LogP contribution in [0.25, 0.3) is 0 Å². The molecule has 6 heteroatoms. The van der Waals surface area contributed by atoms with Crippen molar-refractivity contribution in [2.75, 3.05) is 5.32 Å². The first kappa shape index (κ1) is 13.3. The van der Waals surface area contributed by atoms with Gasteiger partial charge in [0.05, 0.1) is 6.54 Å². The zero-order valence-corrected chi connectivity index (χ0v) is 12.5. The predicted octanol–water partition coefficient (Wildman–Crippen LogP) is 2.78. The summed E-state index contributed by atoms with van der Waals surface area (Å²) in [6.07, 6.45) is 2.41. The van der Waals surface area contributed by atoms with Gasteiger partial charge in [-0.3, -0.25) is 14.8 Å². The van der Waals surface area contributed by atoms with Crippen molar-refractivity contribution in [1.29, 1.82) is 0 Å². The third kappa shape index (κ3) is 2.46. The summed E-state index contributed by atoms with van der Waals surface area (Å²) >= 11 is 0. The SMILES string of the molecule is Cn1nc(NC(=O)N2Cc3ccccc3CO2)cc1C1CC1. The fourth-order valence-electron chi connectivity index (χ4n) is 2.81. The Kier molecular flexibility index (Phi) is 3.11. The lowest BCUT2D eigenvalue weighted by Crippen LogP contribution is -2.37. The summed E-state index contributed by atoms with van der Waals surface area (Å²) in [5.74, 6) is 1.18. The van der Waals surface area contributed by atoms with Crippen LogP contribution in [0.15, 0.2) is 30.3 Å². The van der Waals surface area contributed by atoms with Gasteiger partial charge in [-0.25, -0.2) is 4.79 Å². The van der Waals surface area contributed by atoms with E-state index < -0.39 is 0 Å². The maximum Gasteiger partial charge on any atom is 0.347 e. The van der Waals surface area contributed by atoms with E-state index in [2.05, 4.69) is 10.4 Å². The van der Waals surface area contributed by atoms with Crippen molar-refractivity contribution in [3.63, 3.8) is 0 Å². The highest BCUT2D eigenvalue weighted by molar-refractivity contribution is 5.87. The number of aromatic nitrogens is 2. The average molecular weight is 298 g/mol. The molecule has 0 saturated heterocycles. The second-order valence-corrected chi connectivity index (χ2v) is 5.86. The van der Waals surface area contributed by atoms with Crippen LogP contribution in [0.4, 0.5) is 10.6 Å². The van der Waals surface area contributed by atoms with Gasteiger partial charge in [-0.05, 0) is 24.0 Å². The minimum absolute atomic E-state index is 0.282. The Morgan fingerprint density at radius 3 is 2.86 bits per heavy atom. The first-order valence-corrected chi connectivity index (χ1v) is 7.53. The highest BCUT2D eigenvalue weighted by Crippen LogP contribution is 2.40. The van der Waals surface area contributed by atoms with Gasteiger partial charge in [0.1, 0.15) is 6.61 Å². The molecule has 2 heterocycles. The lowest BCUT2D eigenvalue weighted by molar-refractivity contribution is -0.141. The maximum atomic E-state index is 12.3. The van der Waals surface area contributed by atoms with E-state index in [0.717, 1.165) is 11.1 Å². The van der Waals surface area contributed by atoms with Gasteiger partial charge >= 0.3 is 6.03 Å². The first-order valence-electron chi connectivity index (χ1n) is 7.53. The molecule has 1 fully saturated rings. The number of nitrogens with one attached hydrogen (secondary N) is 1. The smallest absolute Gasteiger partial charge is 0.289 e. The number of hydrogen-bond donors (Lipinski definition) is 1. The van der Waals surface area contributed by atoms with Crippen molar-refractivity contribution >= 4 is 11.8 Å². The van der Waals surface area contributed by atoms with E-state index >= 15 is 0 Å².